The summed E-state index contributed by atoms with van der Waals surface area (Å²) in [4.78, 5) is 10.9. The summed E-state index contributed by atoms with van der Waals surface area (Å²) >= 11 is 0. The zero-order chi connectivity index (χ0) is 17.0. The molecule has 0 N–H and O–H groups in total. The maximum atomic E-state index is 11.4. The normalized spacial score (nSPS) is 10.1. The van der Waals surface area contributed by atoms with Gasteiger partial charge in [-0.2, -0.15) is 0 Å². The Morgan fingerprint density at radius 2 is 1.30 bits per heavy atom. The highest BCUT2D eigenvalue weighted by Crippen LogP contribution is 2.42. The molecule has 0 saturated carbocycles. The van der Waals surface area contributed by atoms with Crippen molar-refractivity contribution in [1.82, 2.24) is 0 Å². The van der Waals surface area contributed by atoms with Gasteiger partial charge in [-0.3, -0.25) is 10.1 Å². The van der Waals surface area contributed by atoms with Gasteiger partial charge < -0.3 is 18.9 Å². The van der Waals surface area contributed by atoms with E-state index in [0.29, 0.717) is 34.1 Å². The first-order valence-electron chi connectivity index (χ1n) is 6.68. The third kappa shape index (κ3) is 3.13. The van der Waals surface area contributed by atoms with Gasteiger partial charge >= 0.3 is 0 Å². The number of benzene rings is 2. The number of ether oxygens (including phenoxy) is 4. The van der Waals surface area contributed by atoms with Gasteiger partial charge in [0, 0.05) is 0 Å². The van der Waals surface area contributed by atoms with E-state index in [0.717, 1.165) is 0 Å². The highest BCUT2D eigenvalue weighted by atomic mass is 16.6. The molecule has 0 aliphatic heterocycles. The fourth-order valence-electron chi connectivity index (χ4n) is 2.25. The van der Waals surface area contributed by atoms with Crippen molar-refractivity contribution < 1.29 is 23.9 Å². The molecule has 0 aliphatic rings. The molecule has 0 aromatic heterocycles. The van der Waals surface area contributed by atoms with Crippen molar-refractivity contribution in [1.29, 1.82) is 0 Å². The Bertz CT molecular complexity index is 729. The van der Waals surface area contributed by atoms with E-state index in [-0.39, 0.29) is 5.69 Å². The Balaban J connectivity index is 2.68. The summed E-state index contributed by atoms with van der Waals surface area (Å²) in [6.45, 7) is 0. The van der Waals surface area contributed by atoms with E-state index in [4.69, 9.17) is 18.9 Å². The lowest BCUT2D eigenvalue weighted by atomic mass is 10.0. The van der Waals surface area contributed by atoms with Crippen molar-refractivity contribution in [3.63, 3.8) is 0 Å². The minimum Gasteiger partial charge on any atom is -0.493 e. The fourth-order valence-corrected chi connectivity index (χ4v) is 2.25. The maximum Gasteiger partial charge on any atom is 0.281 e. The summed E-state index contributed by atoms with van der Waals surface area (Å²) in [5.41, 5.74) is 0.916. The minimum absolute atomic E-state index is 0.0881. The van der Waals surface area contributed by atoms with Gasteiger partial charge in [-0.1, -0.05) is 6.07 Å². The summed E-state index contributed by atoms with van der Waals surface area (Å²) in [6.07, 6.45) is 0. The Labute approximate surface area is 133 Å². The smallest absolute Gasteiger partial charge is 0.281 e. The van der Waals surface area contributed by atoms with E-state index < -0.39 is 4.92 Å². The minimum atomic E-state index is -0.464. The molecule has 7 heteroatoms. The first-order chi connectivity index (χ1) is 11.0. The first-order valence-corrected chi connectivity index (χ1v) is 6.68. The molecule has 7 nitrogen and oxygen atoms in total. The van der Waals surface area contributed by atoms with Crippen LogP contribution >= 0.6 is 0 Å². The average Bonchev–Trinajstić information content (AvgIpc) is 2.59. The standard InChI is InChI=1S/C16H17NO6/c1-20-13-6-5-10(7-14(13)21-2)11-8-15(22-3)16(23-4)9-12(11)17(18)19/h5-9H,1-4H3. The SMILES string of the molecule is COc1ccc(-c2cc(OC)c(OC)cc2[N+](=O)[O-])cc1OC. The van der Waals surface area contributed by atoms with Crippen molar-refractivity contribution in [3.8, 4) is 34.1 Å². The van der Waals surface area contributed by atoms with Crippen molar-refractivity contribution in [2.75, 3.05) is 28.4 Å². The molecule has 0 atom stereocenters. The molecule has 2 aromatic carbocycles. The Hall–Kier alpha value is -2.96. The third-order valence-corrected chi connectivity index (χ3v) is 3.39. The number of rotatable bonds is 6. The van der Waals surface area contributed by atoms with Gasteiger partial charge in [-0.05, 0) is 23.8 Å². The lowest BCUT2D eigenvalue weighted by Crippen LogP contribution is -1.97. The van der Waals surface area contributed by atoms with Gasteiger partial charge in [0.05, 0.1) is 45.0 Å². The van der Waals surface area contributed by atoms with Crippen LogP contribution < -0.4 is 18.9 Å². The lowest BCUT2D eigenvalue weighted by molar-refractivity contribution is -0.384. The van der Waals surface area contributed by atoms with E-state index in [1.54, 1.807) is 24.3 Å². The molecule has 0 amide bonds. The molecule has 0 bridgehead atoms. The molecule has 2 aromatic rings. The zero-order valence-corrected chi connectivity index (χ0v) is 13.3. The monoisotopic (exact) mass is 319 g/mol. The average molecular weight is 319 g/mol. The second-order valence-corrected chi connectivity index (χ2v) is 4.55. The number of methoxy groups -OCH3 is 4. The second kappa shape index (κ2) is 6.87. The van der Waals surface area contributed by atoms with Gasteiger partial charge in [0.2, 0.25) is 0 Å². The van der Waals surface area contributed by atoms with Crippen LogP contribution in [0, 0.1) is 10.1 Å². The van der Waals surface area contributed by atoms with Crippen LogP contribution in [-0.2, 0) is 0 Å². The van der Waals surface area contributed by atoms with Crippen LogP contribution in [0.4, 0.5) is 5.69 Å². The van der Waals surface area contributed by atoms with Gasteiger partial charge in [0.1, 0.15) is 0 Å². The molecule has 0 spiro atoms. The molecule has 0 saturated heterocycles. The lowest BCUT2D eigenvalue weighted by Gasteiger charge is -2.12. The molecule has 0 unspecified atom stereocenters. The van der Waals surface area contributed by atoms with Crippen molar-refractivity contribution in [2.45, 2.75) is 0 Å². The quantitative estimate of drug-likeness (QED) is 0.600. The molecule has 0 heterocycles. The molecule has 122 valence electrons. The molecule has 2 rings (SSSR count). The van der Waals surface area contributed by atoms with Crippen LogP contribution in [0.1, 0.15) is 0 Å². The highest BCUT2D eigenvalue weighted by molar-refractivity contribution is 5.78. The van der Waals surface area contributed by atoms with E-state index in [2.05, 4.69) is 0 Å². The van der Waals surface area contributed by atoms with Gasteiger partial charge in [0.15, 0.2) is 23.0 Å². The van der Waals surface area contributed by atoms with Gasteiger partial charge in [-0.25, -0.2) is 0 Å². The molecule has 0 radical (unpaired) electrons. The summed E-state index contributed by atoms with van der Waals surface area (Å²) in [6, 6.07) is 7.99. The molecular weight excluding hydrogens is 302 g/mol. The van der Waals surface area contributed by atoms with Crippen LogP contribution in [0.2, 0.25) is 0 Å². The van der Waals surface area contributed by atoms with E-state index in [1.807, 2.05) is 0 Å². The van der Waals surface area contributed by atoms with E-state index in [1.165, 1.54) is 34.5 Å². The Morgan fingerprint density at radius 3 is 1.83 bits per heavy atom. The van der Waals surface area contributed by atoms with Crippen LogP contribution in [0.3, 0.4) is 0 Å². The maximum absolute atomic E-state index is 11.4. The predicted molar refractivity (Wildman–Crippen MR) is 84.7 cm³/mol. The predicted octanol–water partition coefficient (Wildman–Crippen LogP) is 3.30. The van der Waals surface area contributed by atoms with Crippen molar-refractivity contribution in [3.05, 3.63) is 40.4 Å². The van der Waals surface area contributed by atoms with Gasteiger partial charge in [0.25, 0.3) is 5.69 Å². The second-order valence-electron chi connectivity index (χ2n) is 4.55. The van der Waals surface area contributed by atoms with Crippen molar-refractivity contribution in [2.24, 2.45) is 0 Å². The topological polar surface area (TPSA) is 80.1 Å². The van der Waals surface area contributed by atoms with Crippen LogP contribution in [0.5, 0.6) is 23.0 Å². The summed E-state index contributed by atoms with van der Waals surface area (Å²) in [5, 5.41) is 11.4. The molecule has 23 heavy (non-hydrogen) atoms. The van der Waals surface area contributed by atoms with E-state index >= 15 is 0 Å². The number of nitro benzene ring substituents is 1. The zero-order valence-electron chi connectivity index (χ0n) is 13.3. The van der Waals surface area contributed by atoms with Gasteiger partial charge in [-0.15, -0.1) is 0 Å². The molecule has 0 aliphatic carbocycles. The van der Waals surface area contributed by atoms with E-state index in [9.17, 15) is 10.1 Å². The number of nitro groups is 1. The summed E-state index contributed by atoms with van der Waals surface area (Å²) in [5.74, 6) is 1.72. The largest absolute Gasteiger partial charge is 0.493 e. The first kappa shape index (κ1) is 16.4. The molecular formula is C16H17NO6. The third-order valence-electron chi connectivity index (χ3n) is 3.39. The summed E-state index contributed by atoms with van der Waals surface area (Å²) < 4.78 is 20.8. The Kier molecular flexibility index (Phi) is 4.90. The van der Waals surface area contributed by atoms with Crippen molar-refractivity contribution >= 4 is 5.69 Å². The Morgan fingerprint density at radius 1 is 0.783 bits per heavy atom. The summed E-state index contributed by atoms with van der Waals surface area (Å²) in [7, 11) is 5.93. The number of nitrogens with zero attached hydrogens (tertiary/aromatic N) is 1. The highest BCUT2D eigenvalue weighted by Gasteiger charge is 2.21. The number of hydrogen-bond acceptors (Lipinski definition) is 6. The number of hydrogen-bond donors (Lipinski definition) is 0. The van der Waals surface area contributed by atoms with Crippen LogP contribution in [-0.4, -0.2) is 33.4 Å². The van der Waals surface area contributed by atoms with Crippen LogP contribution in [0.15, 0.2) is 30.3 Å². The fraction of sp³-hybridized carbons (Fsp3) is 0.250. The molecule has 0 fully saturated rings. The van der Waals surface area contributed by atoms with Crippen LogP contribution in [0.25, 0.3) is 11.1 Å².